The van der Waals surface area contributed by atoms with Crippen LogP contribution in [-0.4, -0.2) is 49.6 Å². The van der Waals surface area contributed by atoms with Crippen LogP contribution in [0.25, 0.3) is 11.1 Å². The lowest BCUT2D eigenvalue weighted by molar-refractivity contribution is 0.0583. The number of carbonyl (C=O) groups excluding carboxylic acids is 1. The Bertz CT molecular complexity index is 774. The average molecular weight is 381 g/mol. The van der Waals surface area contributed by atoms with Gasteiger partial charge in [0.25, 0.3) is 0 Å². The molecule has 7 nitrogen and oxygen atoms in total. The fraction of sp³-hybridized carbons (Fsp3) is 0.471. The molecule has 142 valence electrons. The van der Waals surface area contributed by atoms with Gasteiger partial charge in [0.05, 0.1) is 20.4 Å². The SMILES string of the molecule is COC(=O)c1nn(COCC[Si](C)(C)C)cc1-c1cc(OC)ncc1F. The minimum Gasteiger partial charge on any atom is -0.481 e. The highest BCUT2D eigenvalue weighted by Gasteiger charge is 2.22. The first-order chi connectivity index (χ1) is 12.2. The summed E-state index contributed by atoms with van der Waals surface area (Å²) in [7, 11) is 1.49. The molecule has 0 N–H and O–H groups in total. The predicted octanol–water partition coefficient (Wildman–Crippen LogP) is 3.19. The van der Waals surface area contributed by atoms with Crippen LogP contribution in [0.5, 0.6) is 5.88 Å². The Kier molecular flexibility index (Phi) is 6.49. The number of pyridine rings is 1. The van der Waals surface area contributed by atoms with Crippen LogP contribution in [0.4, 0.5) is 4.39 Å². The van der Waals surface area contributed by atoms with Crippen LogP contribution in [0.15, 0.2) is 18.5 Å². The summed E-state index contributed by atoms with van der Waals surface area (Å²) in [6.45, 7) is 7.56. The van der Waals surface area contributed by atoms with E-state index in [4.69, 9.17) is 14.2 Å². The molecular weight excluding hydrogens is 357 g/mol. The summed E-state index contributed by atoms with van der Waals surface area (Å²) in [5.41, 5.74) is 0.461. The van der Waals surface area contributed by atoms with Crippen molar-refractivity contribution >= 4 is 14.0 Å². The molecule has 0 radical (unpaired) electrons. The number of esters is 1. The lowest BCUT2D eigenvalue weighted by atomic mass is 10.1. The molecule has 0 bridgehead atoms. The van der Waals surface area contributed by atoms with Crippen molar-refractivity contribution in [3.8, 4) is 17.0 Å². The van der Waals surface area contributed by atoms with Crippen LogP contribution in [-0.2, 0) is 16.2 Å². The quantitative estimate of drug-likeness (QED) is 0.397. The fourth-order valence-corrected chi connectivity index (χ4v) is 2.96. The van der Waals surface area contributed by atoms with Gasteiger partial charge in [-0.15, -0.1) is 0 Å². The summed E-state index contributed by atoms with van der Waals surface area (Å²) in [6, 6.07) is 2.43. The van der Waals surface area contributed by atoms with Crippen LogP contribution in [0, 0.1) is 5.82 Å². The van der Waals surface area contributed by atoms with Gasteiger partial charge in [-0.3, -0.25) is 0 Å². The van der Waals surface area contributed by atoms with Gasteiger partial charge in [-0.1, -0.05) is 19.6 Å². The predicted molar refractivity (Wildman–Crippen MR) is 97.4 cm³/mol. The number of hydrogen-bond acceptors (Lipinski definition) is 6. The number of methoxy groups -OCH3 is 2. The third kappa shape index (κ3) is 5.12. The molecule has 0 aliphatic rings. The van der Waals surface area contributed by atoms with Crippen molar-refractivity contribution in [2.24, 2.45) is 0 Å². The third-order valence-electron chi connectivity index (χ3n) is 3.69. The van der Waals surface area contributed by atoms with Crippen LogP contribution >= 0.6 is 0 Å². The zero-order valence-electron chi connectivity index (χ0n) is 15.7. The topological polar surface area (TPSA) is 75.5 Å². The van der Waals surface area contributed by atoms with Gasteiger partial charge in [-0.05, 0) is 6.04 Å². The number of aromatic nitrogens is 3. The minimum atomic E-state index is -1.19. The molecule has 2 aromatic rings. The first-order valence-corrected chi connectivity index (χ1v) is 11.9. The molecule has 0 aliphatic heterocycles. The highest BCUT2D eigenvalue weighted by atomic mass is 28.3. The normalized spacial score (nSPS) is 11.5. The average Bonchev–Trinajstić information content (AvgIpc) is 3.01. The van der Waals surface area contributed by atoms with Crippen LogP contribution in [0.3, 0.4) is 0 Å². The summed E-state index contributed by atoms with van der Waals surface area (Å²) in [6.07, 6.45) is 2.59. The van der Waals surface area contributed by atoms with Gasteiger partial charge in [0.2, 0.25) is 5.88 Å². The van der Waals surface area contributed by atoms with Crippen LogP contribution < -0.4 is 4.74 Å². The maximum absolute atomic E-state index is 14.3. The summed E-state index contributed by atoms with van der Waals surface area (Å²) >= 11 is 0. The van der Waals surface area contributed by atoms with E-state index in [9.17, 15) is 9.18 Å². The van der Waals surface area contributed by atoms with Gasteiger partial charge in [0.15, 0.2) is 5.69 Å². The smallest absolute Gasteiger partial charge is 0.359 e. The van der Waals surface area contributed by atoms with E-state index in [2.05, 4.69) is 29.7 Å². The van der Waals surface area contributed by atoms with Gasteiger partial charge in [0.1, 0.15) is 12.5 Å². The molecule has 0 fully saturated rings. The van der Waals surface area contributed by atoms with Crippen molar-refractivity contribution in [3.63, 3.8) is 0 Å². The second-order valence-corrected chi connectivity index (χ2v) is 12.6. The summed E-state index contributed by atoms with van der Waals surface area (Å²) in [5, 5.41) is 4.19. The molecule has 0 aromatic carbocycles. The Hall–Kier alpha value is -2.26. The monoisotopic (exact) mass is 381 g/mol. The standard InChI is InChI=1S/C17H24FN3O4Si/c1-23-15-8-12(14(18)9-19-15)13-10-21(20-16(13)17(22)24-2)11-25-6-7-26(3,4)5/h8-10H,6-7,11H2,1-5H3. The van der Waals surface area contributed by atoms with Gasteiger partial charge >= 0.3 is 5.97 Å². The molecule has 2 aromatic heterocycles. The maximum Gasteiger partial charge on any atom is 0.359 e. The lowest BCUT2D eigenvalue weighted by Gasteiger charge is -2.15. The first kappa shape index (κ1) is 20.1. The Morgan fingerprint density at radius 3 is 2.62 bits per heavy atom. The van der Waals surface area contributed by atoms with E-state index < -0.39 is 19.9 Å². The number of hydrogen-bond donors (Lipinski definition) is 0. The minimum absolute atomic E-state index is 0.00782. The van der Waals surface area contributed by atoms with Crippen LogP contribution in [0.2, 0.25) is 25.7 Å². The summed E-state index contributed by atoms with van der Waals surface area (Å²) in [4.78, 5) is 15.9. The molecule has 2 rings (SSSR count). The largest absolute Gasteiger partial charge is 0.481 e. The van der Waals surface area contributed by atoms with Crippen molar-refractivity contribution in [1.82, 2.24) is 14.8 Å². The molecule has 26 heavy (non-hydrogen) atoms. The fourth-order valence-electron chi connectivity index (χ4n) is 2.21. The molecule has 2 heterocycles. The molecule has 0 spiro atoms. The molecule has 9 heteroatoms. The Labute approximate surface area is 153 Å². The number of nitrogens with zero attached hydrogens (tertiary/aromatic N) is 3. The Morgan fingerprint density at radius 1 is 1.27 bits per heavy atom. The molecule has 0 saturated heterocycles. The molecular formula is C17H24FN3O4Si. The van der Waals surface area contributed by atoms with Gasteiger partial charge < -0.3 is 14.2 Å². The highest BCUT2D eigenvalue weighted by Crippen LogP contribution is 2.28. The number of ether oxygens (including phenoxy) is 3. The van der Waals surface area contributed by atoms with E-state index >= 15 is 0 Å². The maximum atomic E-state index is 14.3. The number of rotatable bonds is 8. The number of halogens is 1. The second-order valence-electron chi connectivity index (χ2n) is 6.98. The summed E-state index contributed by atoms with van der Waals surface area (Å²) < 4.78 is 31.1. The zero-order valence-corrected chi connectivity index (χ0v) is 16.7. The van der Waals surface area contributed by atoms with Crippen molar-refractivity contribution in [2.75, 3.05) is 20.8 Å². The van der Waals surface area contributed by atoms with E-state index in [0.717, 1.165) is 12.2 Å². The van der Waals surface area contributed by atoms with Crippen molar-refractivity contribution < 1.29 is 23.4 Å². The van der Waals surface area contributed by atoms with Crippen molar-refractivity contribution in [2.45, 2.75) is 32.4 Å². The highest BCUT2D eigenvalue weighted by molar-refractivity contribution is 6.76. The van der Waals surface area contributed by atoms with E-state index in [1.54, 1.807) is 6.20 Å². The van der Waals surface area contributed by atoms with Gasteiger partial charge in [-0.2, -0.15) is 5.10 Å². The third-order valence-corrected chi connectivity index (χ3v) is 5.39. The molecule has 0 atom stereocenters. The second kappa shape index (κ2) is 8.41. The van der Waals surface area contributed by atoms with E-state index in [1.807, 2.05) is 0 Å². The Morgan fingerprint density at radius 2 is 2.00 bits per heavy atom. The van der Waals surface area contributed by atoms with E-state index in [-0.39, 0.29) is 23.9 Å². The van der Waals surface area contributed by atoms with E-state index in [1.165, 1.54) is 25.0 Å². The molecule has 0 amide bonds. The molecule has 0 saturated carbocycles. The van der Waals surface area contributed by atoms with Gasteiger partial charge in [-0.25, -0.2) is 18.9 Å². The summed E-state index contributed by atoms with van der Waals surface area (Å²) in [5.74, 6) is -1.01. The van der Waals surface area contributed by atoms with Crippen LogP contribution in [0.1, 0.15) is 10.5 Å². The van der Waals surface area contributed by atoms with Crippen molar-refractivity contribution in [3.05, 3.63) is 30.0 Å². The van der Waals surface area contributed by atoms with Gasteiger partial charge in [0, 0.05) is 38.1 Å². The van der Waals surface area contributed by atoms with E-state index in [0.29, 0.717) is 12.2 Å². The molecule has 0 unspecified atom stereocenters. The van der Waals surface area contributed by atoms with Crippen molar-refractivity contribution in [1.29, 1.82) is 0 Å². The molecule has 0 aliphatic carbocycles. The number of carbonyl (C=O) groups is 1. The Balaban J connectivity index is 2.28. The lowest BCUT2D eigenvalue weighted by Crippen LogP contribution is -2.22. The zero-order chi connectivity index (χ0) is 19.3. The first-order valence-electron chi connectivity index (χ1n) is 8.18.